The van der Waals surface area contributed by atoms with Gasteiger partial charge < -0.3 is 9.84 Å². The van der Waals surface area contributed by atoms with Gasteiger partial charge in [0.25, 0.3) is 5.91 Å². The minimum Gasteiger partial charge on any atom is -0.508 e. The van der Waals surface area contributed by atoms with Crippen LogP contribution in [-0.2, 0) is 9.53 Å². The van der Waals surface area contributed by atoms with E-state index in [2.05, 4.69) is 10.0 Å². The van der Waals surface area contributed by atoms with Gasteiger partial charge in [-0.25, -0.2) is 5.01 Å². The van der Waals surface area contributed by atoms with Crippen molar-refractivity contribution in [2.45, 2.75) is 12.5 Å². The Hall–Kier alpha value is -2.22. The maximum Gasteiger partial charge on any atom is 0.257 e. The molecule has 26 heavy (non-hydrogen) atoms. The first-order valence-corrected chi connectivity index (χ1v) is 9.61. The van der Waals surface area contributed by atoms with E-state index in [1.54, 1.807) is 28.5 Å². The third-order valence-corrected chi connectivity index (χ3v) is 5.63. The number of thiophene rings is 1. The summed E-state index contributed by atoms with van der Waals surface area (Å²) in [6.07, 6.45) is 0.681. The molecule has 136 valence electrons. The van der Waals surface area contributed by atoms with Crippen LogP contribution < -0.4 is 0 Å². The Morgan fingerprint density at radius 3 is 2.69 bits per heavy atom. The Bertz CT molecular complexity index is 783. The van der Waals surface area contributed by atoms with Crippen LogP contribution in [0.2, 0.25) is 0 Å². The van der Waals surface area contributed by atoms with Crippen LogP contribution in [0.15, 0.2) is 46.9 Å². The monoisotopic (exact) mass is 371 g/mol. The number of carbonyl (C=O) groups excluding carboxylic acids is 1. The molecular weight excluding hydrogens is 350 g/mol. The van der Waals surface area contributed by atoms with Crippen molar-refractivity contribution < 1.29 is 14.6 Å². The van der Waals surface area contributed by atoms with Gasteiger partial charge in [-0.2, -0.15) is 5.10 Å². The van der Waals surface area contributed by atoms with E-state index < -0.39 is 0 Å². The van der Waals surface area contributed by atoms with Crippen molar-refractivity contribution in [1.29, 1.82) is 0 Å². The molecule has 2 aliphatic heterocycles. The predicted molar refractivity (Wildman–Crippen MR) is 100 cm³/mol. The summed E-state index contributed by atoms with van der Waals surface area (Å²) in [4.78, 5) is 16.2. The summed E-state index contributed by atoms with van der Waals surface area (Å²) in [5.41, 5.74) is 1.92. The average molecular weight is 371 g/mol. The fourth-order valence-corrected chi connectivity index (χ4v) is 4.03. The lowest BCUT2D eigenvalue weighted by molar-refractivity contribution is -0.135. The third kappa shape index (κ3) is 3.65. The van der Waals surface area contributed by atoms with Crippen molar-refractivity contribution in [2.24, 2.45) is 5.10 Å². The molecule has 0 spiro atoms. The Morgan fingerprint density at radius 1 is 1.23 bits per heavy atom. The number of morpholine rings is 1. The molecular formula is C19H21N3O3S. The van der Waals surface area contributed by atoms with Gasteiger partial charge in [-0.1, -0.05) is 18.2 Å². The van der Waals surface area contributed by atoms with E-state index in [-0.39, 0.29) is 17.7 Å². The van der Waals surface area contributed by atoms with Crippen LogP contribution in [0.4, 0.5) is 0 Å². The van der Waals surface area contributed by atoms with Crippen LogP contribution >= 0.6 is 11.3 Å². The van der Waals surface area contributed by atoms with Crippen LogP contribution in [-0.4, -0.2) is 59.5 Å². The molecule has 1 fully saturated rings. The molecule has 7 heteroatoms. The number of rotatable bonds is 4. The Labute approximate surface area is 156 Å². The van der Waals surface area contributed by atoms with Gasteiger partial charge in [0.05, 0.1) is 36.4 Å². The van der Waals surface area contributed by atoms with Crippen molar-refractivity contribution in [2.75, 3.05) is 32.8 Å². The van der Waals surface area contributed by atoms with Gasteiger partial charge in [0, 0.05) is 19.5 Å². The molecule has 2 aliphatic rings. The van der Waals surface area contributed by atoms with Crippen LogP contribution in [0.1, 0.15) is 22.9 Å². The summed E-state index contributed by atoms with van der Waals surface area (Å²) < 4.78 is 5.36. The second-order valence-corrected chi connectivity index (χ2v) is 7.41. The zero-order valence-corrected chi connectivity index (χ0v) is 15.2. The maximum atomic E-state index is 13.0. The summed E-state index contributed by atoms with van der Waals surface area (Å²) in [5.74, 6) is 0.217. The van der Waals surface area contributed by atoms with Gasteiger partial charge in [0.2, 0.25) is 0 Å². The molecule has 2 aromatic rings. The summed E-state index contributed by atoms with van der Waals surface area (Å²) in [7, 11) is 0. The molecule has 1 amide bonds. The van der Waals surface area contributed by atoms with Gasteiger partial charge in [0.1, 0.15) is 5.75 Å². The van der Waals surface area contributed by atoms with E-state index >= 15 is 0 Å². The largest absolute Gasteiger partial charge is 0.508 e. The molecule has 1 saturated heterocycles. The Balaban J connectivity index is 1.57. The van der Waals surface area contributed by atoms with Gasteiger partial charge in [-0.15, -0.1) is 11.3 Å². The number of amides is 1. The highest BCUT2D eigenvalue weighted by molar-refractivity contribution is 7.12. The Kier molecular flexibility index (Phi) is 5.01. The molecule has 1 unspecified atom stereocenters. The molecule has 3 heterocycles. The number of hydrogen-bond acceptors (Lipinski definition) is 6. The first-order valence-electron chi connectivity index (χ1n) is 8.73. The molecule has 1 atom stereocenters. The number of phenols is 1. The van der Waals surface area contributed by atoms with E-state index in [0.29, 0.717) is 26.2 Å². The quantitative estimate of drug-likeness (QED) is 0.897. The van der Waals surface area contributed by atoms with Crippen molar-refractivity contribution in [3.8, 4) is 5.75 Å². The van der Waals surface area contributed by atoms with Gasteiger partial charge >= 0.3 is 0 Å². The minimum atomic E-state index is -0.138. The molecule has 0 aliphatic carbocycles. The lowest BCUT2D eigenvalue weighted by Gasteiger charge is -2.29. The number of aromatic hydroxyl groups is 1. The van der Waals surface area contributed by atoms with Crippen LogP contribution in [0.5, 0.6) is 5.75 Å². The minimum absolute atomic E-state index is 0.00321. The van der Waals surface area contributed by atoms with E-state index in [1.807, 2.05) is 29.6 Å². The molecule has 0 saturated carbocycles. The topological polar surface area (TPSA) is 65.4 Å². The highest BCUT2D eigenvalue weighted by atomic mass is 32.1. The number of nitrogens with zero attached hydrogens (tertiary/aromatic N) is 3. The summed E-state index contributed by atoms with van der Waals surface area (Å²) >= 11 is 1.63. The third-order valence-electron chi connectivity index (χ3n) is 4.71. The first kappa shape index (κ1) is 17.2. The summed E-state index contributed by atoms with van der Waals surface area (Å²) in [5, 5.41) is 17.9. The van der Waals surface area contributed by atoms with Crippen LogP contribution in [0.3, 0.4) is 0 Å². The van der Waals surface area contributed by atoms with E-state index in [0.717, 1.165) is 29.2 Å². The predicted octanol–water partition coefficient (Wildman–Crippen LogP) is 2.46. The molecule has 6 nitrogen and oxygen atoms in total. The van der Waals surface area contributed by atoms with Crippen molar-refractivity contribution >= 4 is 23.0 Å². The van der Waals surface area contributed by atoms with Gasteiger partial charge in [-0.3, -0.25) is 9.69 Å². The van der Waals surface area contributed by atoms with Crippen molar-refractivity contribution in [3.63, 3.8) is 0 Å². The SMILES string of the molecule is O=C(CN1CCOCC1)N1N=C(c2cccs2)CC1c1ccc(O)cc1. The number of carbonyl (C=O) groups is 1. The number of hydrazone groups is 1. The Morgan fingerprint density at radius 2 is 2.00 bits per heavy atom. The zero-order valence-electron chi connectivity index (χ0n) is 14.4. The molecule has 1 aromatic carbocycles. The second kappa shape index (κ2) is 7.57. The fraction of sp³-hybridized carbons (Fsp3) is 0.368. The summed E-state index contributed by atoms with van der Waals surface area (Å²) in [6, 6.07) is 10.9. The molecule has 4 rings (SSSR count). The first-order chi connectivity index (χ1) is 12.7. The smallest absolute Gasteiger partial charge is 0.257 e. The number of hydrogen-bond donors (Lipinski definition) is 1. The molecule has 0 radical (unpaired) electrons. The van der Waals surface area contributed by atoms with Crippen LogP contribution in [0.25, 0.3) is 0 Å². The van der Waals surface area contributed by atoms with Gasteiger partial charge in [-0.05, 0) is 29.1 Å². The zero-order chi connectivity index (χ0) is 17.9. The van der Waals surface area contributed by atoms with Crippen molar-refractivity contribution in [1.82, 2.24) is 9.91 Å². The number of benzene rings is 1. The highest BCUT2D eigenvalue weighted by Gasteiger charge is 2.34. The second-order valence-electron chi connectivity index (χ2n) is 6.46. The maximum absolute atomic E-state index is 13.0. The van der Waals surface area contributed by atoms with E-state index in [1.165, 1.54) is 0 Å². The van der Waals surface area contributed by atoms with Crippen molar-refractivity contribution in [3.05, 3.63) is 52.2 Å². The normalized spacial score (nSPS) is 21.0. The number of ether oxygens (including phenoxy) is 1. The summed E-state index contributed by atoms with van der Waals surface area (Å²) in [6.45, 7) is 3.21. The molecule has 1 aromatic heterocycles. The van der Waals surface area contributed by atoms with E-state index in [9.17, 15) is 9.90 Å². The lowest BCUT2D eigenvalue weighted by Crippen LogP contribution is -2.43. The van der Waals surface area contributed by atoms with E-state index in [4.69, 9.17) is 4.74 Å². The standard InChI is InChI=1S/C19H21N3O3S/c23-15-5-3-14(4-6-15)17-12-16(18-2-1-11-26-18)20-22(17)19(24)13-21-7-9-25-10-8-21/h1-6,11,17,23H,7-10,12-13H2. The lowest BCUT2D eigenvalue weighted by atomic mass is 10.0. The number of phenolic OH excluding ortho intramolecular Hbond substituents is 1. The fourth-order valence-electron chi connectivity index (χ4n) is 3.31. The molecule has 0 bridgehead atoms. The van der Waals surface area contributed by atoms with Gasteiger partial charge in [0.15, 0.2) is 0 Å². The molecule has 1 N–H and O–H groups in total. The highest BCUT2D eigenvalue weighted by Crippen LogP contribution is 2.34. The average Bonchev–Trinajstić information content (AvgIpc) is 3.33. The van der Waals surface area contributed by atoms with Crippen LogP contribution in [0, 0.1) is 0 Å².